The zero-order valence-electron chi connectivity index (χ0n) is 16.3. The van der Waals surface area contributed by atoms with Crippen LogP contribution in [0.3, 0.4) is 0 Å². The minimum Gasteiger partial charge on any atom is -0.497 e. The molecule has 146 valence electrons. The smallest absolute Gasteiger partial charge is 0.224 e. The number of likely N-dealkylation sites (tertiary alicyclic amines) is 1. The van der Waals surface area contributed by atoms with Crippen LogP contribution in [-0.4, -0.2) is 56.7 Å². The first-order valence-electron chi connectivity index (χ1n) is 9.38. The molecule has 1 saturated heterocycles. The average molecular weight is 381 g/mol. The molecule has 0 unspecified atom stereocenters. The lowest BCUT2D eigenvalue weighted by molar-refractivity contribution is -0.116. The third kappa shape index (κ3) is 7.08. The Labute approximate surface area is 161 Å². The largest absolute Gasteiger partial charge is 0.497 e. The zero-order valence-corrected chi connectivity index (χ0v) is 17.1. The number of hydrogen-bond acceptors (Lipinski definition) is 5. The lowest BCUT2D eigenvalue weighted by Crippen LogP contribution is -2.36. The molecule has 0 saturated carbocycles. The second-order valence-electron chi connectivity index (χ2n) is 6.84. The van der Waals surface area contributed by atoms with Crippen LogP contribution in [0.4, 0.5) is 5.69 Å². The van der Waals surface area contributed by atoms with Crippen molar-refractivity contribution in [2.75, 3.05) is 51.2 Å². The van der Waals surface area contributed by atoms with E-state index in [2.05, 4.69) is 16.5 Å². The molecule has 1 N–H and O–H groups in total. The van der Waals surface area contributed by atoms with Crippen molar-refractivity contribution < 1.29 is 14.3 Å². The lowest BCUT2D eigenvalue weighted by atomic mass is 9.93. The molecule has 1 amide bonds. The Balaban J connectivity index is 1.77. The van der Waals surface area contributed by atoms with Crippen LogP contribution >= 0.6 is 11.8 Å². The van der Waals surface area contributed by atoms with Crippen molar-refractivity contribution in [3.63, 3.8) is 0 Å². The monoisotopic (exact) mass is 380 g/mol. The van der Waals surface area contributed by atoms with Crippen molar-refractivity contribution in [2.24, 2.45) is 5.92 Å². The van der Waals surface area contributed by atoms with E-state index in [0.29, 0.717) is 29.5 Å². The van der Waals surface area contributed by atoms with Crippen LogP contribution in [0.1, 0.15) is 32.1 Å². The van der Waals surface area contributed by atoms with E-state index in [4.69, 9.17) is 9.47 Å². The number of piperidine rings is 1. The van der Waals surface area contributed by atoms with Gasteiger partial charge in [-0.15, -0.1) is 0 Å². The fraction of sp³-hybridized carbons (Fsp3) is 0.650. The highest BCUT2D eigenvalue weighted by molar-refractivity contribution is 7.98. The lowest BCUT2D eigenvalue weighted by Gasteiger charge is -2.32. The van der Waals surface area contributed by atoms with Crippen LogP contribution in [0.5, 0.6) is 11.5 Å². The summed E-state index contributed by atoms with van der Waals surface area (Å²) in [5, 5.41) is 2.97. The molecule has 1 aromatic carbocycles. The van der Waals surface area contributed by atoms with Gasteiger partial charge in [-0.3, -0.25) is 4.79 Å². The number of benzene rings is 1. The highest BCUT2D eigenvalue weighted by atomic mass is 32.2. The molecule has 2 rings (SSSR count). The van der Waals surface area contributed by atoms with Crippen LogP contribution in [0.25, 0.3) is 0 Å². The molecule has 0 aliphatic carbocycles. The van der Waals surface area contributed by atoms with Crippen LogP contribution in [0.2, 0.25) is 0 Å². The van der Waals surface area contributed by atoms with Gasteiger partial charge in [0.25, 0.3) is 0 Å². The van der Waals surface area contributed by atoms with Crippen molar-refractivity contribution in [1.82, 2.24) is 4.90 Å². The van der Waals surface area contributed by atoms with E-state index in [9.17, 15) is 4.79 Å². The molecule has 1 fully saturated rings. The van der Waals surface area contributed by atoms with Gasteiger partial charge in [0.2, 0.25) is 5.91 Å². The molecule has 0 aromatic heterocycles. The van der Waals surface area contributed by atoms with E-state index in [-0.39, 0.29) is 5.91 Å². The van der Waals surface area contributed by atoms with Gasteiger partial charge >= 0.3 is 0 Å². The minimum atomic E-state index is 0.0554. The third-order valence-corrected chi connectivity index (χ3v) is 5.54. The topological polar surface area (TPSA) is 50.8 Å². The number of nitrogens with zero attached hydrogens (tertiary/aromatic N) is 1. The van der Waals surface area contributed by atoms with E-state index in [1.165, 1.54) is 38.1 Å². The number of methoxy groups -OCH3 is 2. The first kappa shape index (κ1) is 20.9. The van der Waals surface area contributed by atoms with Crippen molar-refractivity contribution in [1.29, 1.82) is 0 Å². The van der Waals surface area contributed by atoms with Gasteiger partial charge < -0.3 is 19.7 Å². The summed E-state index contributed by atoms with van der Waals surface area (Å²) < 4.78 is 10.5. The van der Waals surface area contributed by atoms with Crippen LogP contribution in [-0.2, 0) is 4.79 Å². The summed E-state index contributed by atoms with van der Waals surface area (Å²) in [6.45, 7) is 3.53. The van der Waals surface area contributed by atoms with Gasteiger partial charge in [-0.1, -0.05) is 0 Å². The quantitative estimate of drug-likeness (QED) is 0.624. The first-order valence-corrected chi connectivity index (χ1v) is 10.8. The Morgan fingerprint density at radius 2 is 2.00 bits per heavy atom. The van der Waals surface area contributed by atoms with E-state index in [1.807, 2.05) is 23.9 Å². The van der Waals surface area contributed by atoms with Crippen LogP contribution < -0.4 is 14.8 Å². The van der Waals surface area contributed by atoms with Gasteiger partial charge in [0.05, 0.1) is 14.2 Å². The molecule has 1 aliphatic rings. The summed E-state index contributed by atoms with van der Waals surface area (Å²) in [7, 11) is 3.21. The van der Waals surface area contributed by atoms with Crippen LogP contribution in [0.15, 0.2) is 18.2 Å². The number of ether oxygens (including phenoxy) is 2. The predicted molar refractivity (Wildman–Crippen MR) is 110 cm³/mol. The highest BCUT2D eigenvalue weighted by Gasteiger charge is 2.20. The van der Waals surface area contributed by atoms with E-state index in [0.717, 1.165) is 13.0 Å². The zero-order chi connectivity index (χ0) is 18.8. The Bertz CT molecular complexity index is 546. The van der Waals surface area contributed by atoms with Gasteiger partial charge in [0, 0.05) is 36.9 Å². The predicted octanol–water partition coefficient (Wildman–Crippen LogP) is 3.89. The summed E-state index contributed by atoms with van der Waals surface area (Å²) >= 11 is 1.91. The molecule has 0 spiro atoms. The number of hydrogen-bond donors (Lipinski definition) is 1. The Kier molecular flexibility index (Phi) is 9.12. The Morgan fingerprint density at radius 3 is 2.65 bits per heavy atom. The average Bonchev–Trinajstić information content (AvgIpc) is 2.66. The highest BCUT2D eigenvalue weighted by Crippen LogP contribution is 2.26. The Hall–Kier alpha value is -1.40. The number of nitrogens with one attached hydrogen (secondary N) is 1. The van der Waals surface area contributed by atoms with Crippen molar-refractivity contribution in [3.8, 4) is 11.5 Å². The number of rotatable bonds is 10. The molecule has 1 aromatic rings. The summed E-state index contributed by atoms with van der Waals surface area (Å²) in [6, 6.07) is 5.42. The SMILES string of the molecule is COc1cc(NC(=O)CC[C@@H]2CCCN(CCCSC)C2)cc(OC)c1. The Morgan fingerprint density at radius 1 is 1.27 bits per heavy atom. The number of carbonyl (C=O) groups is 1. The fourth-order valence-corrected chi connectivity index (χ4v) is 3.88. The molecule has 1 heterocycles. The second-order valence-corrected chi connectivity index (χ2v) is 7.83. The molecule has 1 aliphatic heterocycles. The van der Waals surface area contributed by atoms with Gasteiger partial charge in [-0.25, -0.2) is 0 Å². The molecule has 1 atom stereocenters. The van der Waals surface area contributed by atoms with Gasteiger partial charge in [0.15, 0.2) is 0 Å². The first-order chi connectivity index (χ1) is 12.6. The minimum absolute atomic E-state index is 0.0554. The number of anilines is 1. The number of thioether (sulfide) groups is 1. The molecule has 0 radical (unpaired) electrons. The summed E-state index contributed by atoms with van der Waals surface area (Å²) in [6.07, 6.45) is 7.41. The molecule has 0 bridgehead atoms. The van der Waals surface area contributed by atoms with Crippen LogP contribution in [0, 0.1) is 5.92 Å². The molecule has 5 nitrogen and oxygen atoms in total. The van der Waals surface area contributed by atoms with Crippen molar-refractivity contribution in [3.05, 3.63) is 18.2 Å². The van der Waals surface area contributed by atoms with E-state index in [1.54, 1.807) is 20.3 Å². The molecule has 6 heteroatoms. The molecule has 26 heavy (non-hydrogen) atoms. The van der Waals surface area contributed by atoms with Gasteiger partial charge in [-0.05, 0) is 56.7 Å². The van der Waals surface area contributed by atoms with Crippen molar-refractivity contribution in [2.45, 2.75) is 32.1 Å². The summed E-state index contributed by atoms with van der Waals surface area (Å²) in [5.41, 5.74) is 0.716. The molecular formula is C20H32N2O3S. The maximum atomic E-state index is 12.3. The van der Waals surface area contributed by atoms with Gasteiger partial charge in [0.1, 0.15) is 11.5 Å². The third-order valence-electron chi connectivity index (χ3n) is 4.84. The van der Waals surface area contributed by atoms with E-state index >= 15 is 0 Å². The maximum Gasteiger partial charge on any atom is 0.224 e. The number of amides is 1. The summed E-state index contributed by atoms with van der Waals surface area (Å²) in [4.78, 5) is 14.9. The standard InChI is InChI=1S/C20H32N2O3S/c1-24-18-12-17(13-19(14-18)25-2)21-20(23)8-7-16-6-4-9-22(15-16)10-5-11-26-3/h12-14,16H,4-11,15H2,1-3H3,(H,21,23)/t16-/m0/s1. The van der Waals surface area contributed by atoms with E-state index < -0.39 is 0 Å². The summed E-state index contributed by atoms with van der Waals surface area (Å²) in [5.74, 6) is 3.26. The fourth-order valence-electron chi connectivity index (χ4n) is 3.46. The second kappa shape index (κ2) is 11.3. The maximum absolute atomic E-state index is 12.3. The van der Waals surface area contributed by atoms with Gasteiger partial charge in [-0.2, -0.15) is 11.8 Å². The molecular weight excluding hydrogens is 348 g/mol. The number of carbonyl (C=O) groups excluding carboxylic acids is 1. The normalized spacial score (nSPS) is 17.7. The van der Waals surface area contributed by atoms with Crippen molar-refractivity contribution >= 4 is 23.4 Å².